The summed E-state index contributed by atoms with van der Waals surface area (Å²) in [4.78, 5) is 13.8. The minimum absolute atomic E-state index is 0.00825. The fourth-order valence-corrected chi connectivity index (χ4v) is 5.14. The number of benzene rings is 3. The Morgan fingerprint density at radius 3 is 2.32 bits per heavy atom. The van der Waals surface area contributed by atoms with Gasteiger partial charge in [0.1, 0.15) is 17.2 Å². The molecule has 8 heteroatoms. The molecule has 3 aromatic carbocycles. The number of hydrazone groups is 1. The number of fused-ring (bicyclic) bond motifs is 1. The van der Waals surface area contributed by atoms with E-state index in [1.807, 2.05) is 48.5 Å². The van der Waals surface area contributed by atoms with Gasteiger partial charge >= 0.3 is 6.61 Å². The number of carbonyl (C=O) groups excluding carboxylic acids is 1. The lowest BCUT2D eigenvalue weighted by atomic mass is 9.77. The van der Waals surface area contributed by atoms with Crippen molar-refractivity contribution >= 4 is 17.7 Å². The Morgan fingerprint density at radius 2 is 1.66 bits per heavy atom. The number of methoxy groups -OCH3 is 2. The van der Waals surface area contributed by atoms with Crippen LogP contribution in [0.2, 0.25) is 0 Å². The lowest BCUT2D eigenvalue weighted by Crippen LogP contribution is -2.32. The van der Waals surface area contributed by atoms with Crippen molar-refractivity contribution < 1.29 is 27.8 Å². The van der Waals surface area contributed by atoms with Gasteiger partial charge in [0.15, 0.2) is 0 Å². The Labute approximate surface area is 220 Å². The van der Waals surface area contributed by atoms with E-state index in [0.717, 1.165) is 47.4 Å². The highest BCUT2D eigenvalue weighted by Crippen LogP contribution is 2.45. The number of nitrogens with zero attached hydrogens (tertiary/aromatic N) is 2. The maximum Gasteiger partial charge on any atom is 0.387 e. The molecule has 0 unspecified atom stereocenters. The van der Waals surface area contributed by atoms with Crippen molar-refractivity contribution in [1.82, 2.24) is 5.01 Å². The number of rotatable bonds is 7. The standard InChI is InChI=1S/C30H28F2N2O4/c1-36-23-13-9-19(10-14-23)17-21-5-4-8-26-27(21)33-34(28(26)20-11-15-24(37-2)16-12-20)29(35)22-6-3-7-25(18-22)38-30(31)32/h3,6-7,9-18,26,28,30H,4-5,8H2,1-2H3/b21-17-/t26-,28+/m0/s1. The molecule has 0 radical (unpaired) electrons. The molecule has 2 atom stereocenters. The van der Waals surface area contributed by atoms with Crippen LogP contribution in [0.1, 0.15) is 46.8 Å². The third-order valence-corrected chi connectivity index (χ3v) is 6.93. The summed E-state index contributed by atoms with van der Waals surface area (Å²) in [5, 5.41) is 6.37. The molecule has 1 amide bonds. The van der Waals surface area contributed by atoms with Crippen molar-refractivity contribution in [2.24, 2.45) is 11.0 Å². The van der Waals surface area contributed by atoms with Crippen LogP contribution in [0.15, 0.2) is 83.5 Å². The molecule has 1 aliphatic heterocycles. The van der Waals surface area contributed by atoms with E-state index in [4.69, 9.17) is 14.6 Å². The first kappa shape index (κ1) is 25.4. The van der Waals surface area contributed by atoms with Gasteiger partial charge in [-0.2, -0.15) is 13.9 Å². The monoisotopic (exact) mass is 518 g/mol. The maximum absolute atomic E-state index is 13.8. The minimum Gasteiger partial charge on any atom is -0.497 e. The van der Waals surface area contributed by atoms with E-state index in [1.54, 1.807) is 20.3 Å². The summed E-state index contributed by atoms with van der Waals surface area (Å²) in [6, 6.07) is 20.9. The van der Waals surface area contributed by atoms with Gasteiger partial charge in [0.25, 0.3) is 5.91 Å². The van der Waals surface area contributed by atoms with Gasteiger partial charge in [0.2, 0.25) is 0 Å². The Hall–Kier alpha value is -4.20. The lowest BCUT2D eigenvalue weighted by Gasteiger charge is -2.29. The van der Waals surface area contributed by atoms with Crippen LogP contribution in [0.25, 0.3) is 6.08 Å². The van der Waals surface area contributed by atoms with Crippen LogP contribution in [0.3, 0.4) is 0 Å². The van der Waals surface area contributed by atoms with Gasteiger partial charge in [0.05, 0.1) is 26.0 Å². The van der Waals surface area contributed by atoms with Gasteiger partial charge in [-0.25, -0.2) is 5.01 Å². The average Bonchev–Trinajstić information content (AvgIpc) is 3.33. The highest BCUT2D eigenvalue weighted by Gasteiger charge is 2.44. The van der Waals surface area contributed by atoms with Crippen molar-refractivity contribution in [3.63, 3.8) is 0 Å². The molecule has 3 aromatic rings. The van der Waals surface area contributed by atoms with E-state index in [0.29, 0.717) is 5.75 Å². The van der Waals surface area contributed by atoms with Crippen molar-refractivity contribution in [3.05, 3.63) is 95.1 Å². The van der Waals surface area contributed by atoms with Gasteiger partial charge in [-0.1, -0.05) is 30.3 Å². The molecule has 1 heterocycles. The summed E-state index contributed by atoms with van der Waals surface area (Å²) >= 11 is 0. The van der Waals surface area contributed by atoms with Gasteiger partial charge in [-0.3, -0.25) is 4.79 Å². The zero-order chi connectivity index (χ0) is 26.6. The predicted octanol–water partition coefficient (Wildman–Crippen LogP) is 6.74. The first-order valence-electron chi connectivity index (χ1n) is 12.4. The van der Waals surface area contributed by atoms with E-state index in [2.05, 4.69) is 10.8 Å². The molecule has 0 aromatic heterocycles. The molecule has 2 aliphatic rings. The van der Waals surface area contributed by atoms with E-state index in [9.17, 15) is 13.6 Å². The number of hydrogen-bond donors (Lipinski definition) is 0. The zero-order valence-corrected chi connectivity index (χ0v) is 21.1. The van der Waals surface area contributed by atoms with Crippen LogP contribution in [0, 0.1) is 5.92 Å². The van der Waals surface area contributed by atoms with E-state index >= 15 is 0 Å². The number of carbonyl (C=O) groups is 1. The van der Waals surface area contributed by atoms with Crippen LogP contribution in [-0.2, 0) is 0 Å². The van der Waals surface area contributed by atoms with Crippen LogP contribution in [0.5, 0.6) is 17.2 Å². The summed E-state index contributed by atoms with van der Waals surface area (Å²) < 4.78 is 40.7. The summed E-state index contributed by atoms with van der Waals surface area (Å²) in [6.07, 6.45) is 4.78. The van der Waals surface area contributed by atoms with E-state index < -0.39 is 6.61 Å². The average molecular weight is 519 g/mol. The minimum atomic E-state index is -2.98. The maximum atomic E-state index is 13.8. The molecule has 38 heavy (non-hydrogen) atoms. The molecule has 1 saturated carbocycles. The number of alkyl halides is 2. The highest BCUT2D eigenvalue weighted by molar-refractivity contribution is 6.09. The molecule has 5 rings (SSSR count). The molecule has 1 fully saturated rings. The zero-order valence-electron chi connectivity index (χ0n) is 21.1. The first-order chi connectivity index (χ1) is 18.5. The summed E-state index contributed by atoms with van der Waals surface area (Å²) in [6.45, 7) is -2.98. The predicted molar refractivity (Wildman–Crippen MR) is 141 cm³/mol. The van der Waals surface area contributed by atoms with Crippen molar-refractivity contribution in [1.29, 1.82) is 0 Å². The van der Waals surface area contributed by atoms with Crippen LogP contribution in [-0.4, -0.2) is 37.5 Å². The van der Waals surface area contributed by atoms with Gasteiger partial charge in [0, 0.05) is 11.5 Å². The first-order valence-corrected chi connectivity index (χ1v) is 12.4. The molecule has 0 spiro atoms. The van der Waals surface area contributed by atoms with Crippen molar-refractivity contribution in [3.8, 4) is 17.2 Å². The fraction of sp³-hybridized carbons (Fsp3) is 0.267. The Balaban J connectivity index is 1.54. The van der Waals surface area contributed by atoms with Gasteiger partial charge in [-0.05, 0) is 84.5 Å². The summed E-state index contributed by atoms with van der Waals surface area (Å²) in [5.74, 6) is 1.03. The molecule has 1 aliphatic carbocycles. The van der Waals surface area contributed by atoms with Crippen LogP contribution >= 0.6 is 0 Å². The van der Waals surface area contributed by atoms with Crippen molar-refractivity contribution in [2.45, 2.75) is 31.9 Å². The van der Waals surface area contributed by atoms with Crippen molar-refractivity contribution in [2.75, 3.05) is 14.2 Å². The molecular weight excluding hydrogens is 490 g/mol. The second-order valence-corrected chi connectivity index (χ2v) is 9.20. The number of allylic oxidation sites excluding steroid dienone is 1. The second kappa shape index (κ2) is 11.0. The SMILES string of the molecule is COc1ccc(/C=C2/CCC[C@H]3C2=NN(C(=O)c2cccc(OC(F)F)c2)[C@@H]3c2ccc(OC)cc2)cc1. The summed E-state index contributed by atoms with van der Waals surface area (Å²) in [5.41, 5.74) is 4.13. The molecule has 0 bridgehead atoms. The second-order valence-electron chi connectivity index (χ2n) is 9.20. The molecule has 6 nitrogen and oxygen atoms in total. The van der Waals surface area contributed by atoms with Crippen LogP contribution < -0.4 is 14.2 Å². The van der Waals surface area contributed by atoms with Gasteiger partial charge in [-0.15, -0.1) is 0 Å². The van der Waals surface area contributed by atoms with Crippen LogP contribution in [0.4, 0.5) is 8.78 Å². The number of amides is 1. The highest BCUT2D eigenvalue weighted by atomic mass is 19.3. The van der Waals surface area contributed by atoms with E-state index in [-0.39, 0.29) is 29.2 Å². The Kier molecular flexibility index (Phi) is 7.40. The topological polar surface area (TPSA) is 60.4 Å². The summed E-state index contributed by atoms with van der Waals surface area (Å²) in [7, 11) is 3.24. The lowest BCUT2D eigenvalue weighted by molar-refractivity contribution is -0.0499. The molecule has 196 valence electrons. The molecule has 0 saturated heterocycles. The third-order valence-electron chi connectivity index (χ3n) is 6.93. The Morgan fingerprint density at radius 1 is 0.974 bits per heavy atom. The number of hydrogen-bond acceptors (Lipinski definition) is 5. The largest absolute Gasteiger partial charge is 0.497 e. The fourth-order valence-electron chi connectivity index (χ4n) is 5.14. The van der Waals surface area contributed by atoms with Gasteiger partial charge < -0.3 is 14.2 Å². The quantitative estimate of drug-likeness (QED) is 0.348. The molecule has 0 N–H and O–H groups in total. The smallest absolute Gasteiger partial charge is 0.387 e. The van der Waals surface area contributed by atoms with E-state index in [1.165, 1.54) is 23.2 Å². The Bertz CT molecular complexity index is 1350. The normalized spacial score (nSPS) is 19.8. The number of ether oxygens (including phenoxy) is 3. The third kappa shape index (κ3) is 5.25. The molecular formula is C30H28F2N2O4. The number of halogens is 2.